The Kier molecular flexibility index (Phi) is 9.89. The molecule has 1 aliphatic rings. The number of rotatable bonds is 9. The SMILES string of the molecule is CC.COc1cccc(OC)c1-c1cc(C(=O)Nc2nnc(-n3nccc3N)s2)oc(=O)c1OCC1COCCO1. The molecule has 1 aromatic carbocycles. The number of hydrogen-bond acceptors (Lipinski definition) is 13. The highest BCUT2D eigenvalue weighted by molar-refractivity contribution is 7.17. The van der Waals surface area contributed by atoms with Crippen LogP contribution in [0.5, 0.6) is 17.2 Å². The van der Waals surface area contributed by atoms with Crippen molar-refractivity contribution in [1.29, 1.82) is 0 Å². The molecular formula is C26H30N6O8S. The normalized spacial score (nSPS) is 14.5. The molecule has 4 heterocycles. The lowest BCUT2D eigenvalue weighted by molar-refractivity contribution is -0.101. The Bertz CT molecular complexity index is 1510. The quantitative estimate of drug-likeness (QED) is 0.294. The van der Waals surface area contributed by atoms with E-state index >= 15 is 0 Å². The van der Waals surface area contributed by atoms with Crippen molar-refractivity contribution < 1.29 is 32.9 Å². The maximum atomic E-state index is 13.2. The topological polar surface area (TPSA) is 175 Å². The number of nitrogens with two attached hydrogens (primary N) is 1. The number of nitrogens with zero attached hydrogens (tertiary/aromatic N) is 4. The fourth-order valence-electron chi connectivity index (χ4n) is 3.83. The van der Waals surface area contributed by atoms with Crippen molar-refractivity contribution in [3.8, 4) is 33.5 Å². The summed E-state index contributed by atoms with van der Waals surface area (Å²) >= 11 is 1.03. The molecule has 1 atom stereocenters. The number of amides is 1. The Morgan fingerprint density at radius 3 is 2.56 bits per heavy atom. The first-order valence-electron chi connectivity index (χ1n) is 12.6. The molecule has 0 saturated carbocycles. The van der Waals surface area contributed by atoms with Gasteiger partial charge in [0.05, 0.1) is 45.8 Å². The summed E-state index contributed by atoms with van der Waals surface area (Å²) in [6, 6.07) is 8.08. The number of anilines is 2. The smallest absolute Gasteiger partial charge is 0.379 e. The lowest BCUT2D eigenvalue weighted by Gasteiger charge is -2.23. The Labute approximate surface area is 238 Å². The van der Waals surface area contributed by atoms with E-state index in [4.69, 9.17) is 33.8 Å². The zero-order valence-corrected chi connectivity index (χ0v) is 23.7. The number of ether oxygens (including phenoxy) is 5. The van der Waals surface area contributed by atoms with Gasteiger partial charge in [-0.15, -0.1) is 10.2 Å². The van der Waals surface area contributed by atoms with Crippen LogP contribution >= 0.6 is 11.3 Å². The first-order valence-corrected chi connectivity index (χ1v) is 13.5. The van der Waals surface area contributed by atoms with Crippen LogP contribution in [0.4, 0.5) is 10.9 Å². The van der Waals surface area contributed by atoms with Crippen LogP contribution in [0.15, 0.2) is 45.7 Å². The van der Waals surface area contributed by atoms with E-state index < -0.39 is 11.5 Å². The molecule has 5 rings (SSSR count). The van der Waals surface area contributed by atoms with Crippen molar-refractivity contribution in [2.75, 3.05) is 51.7 Å². The van der Waals surface area contributed by atoms with Gasteiger partial charge in [-0.25, -0.2) is 4.79 Å². The largest absolute Gasteiger partial charge is 0.496 e. The lowest BCUT2D eigenvalue weighted by atomic mass is 10.0. The van der Waals surface area contributed by atoms with Gasteiger partial charge in [-0.3, -0.25) is 10.1 Å². The van der Waals surface area contributed by atoms with E-state index in [0.717, 1.165) is 11.3 Å². The van der Waals surface area contributed by atoms with E-state index in [1.165, 1.54) is 31.2 Å². The minimum absolute atomic E-state index is 0.0187. The average molecular weight is 587 g/mol. The Morgan fingerprint density at radius 2 is 1.93 bits per heavy atom. The molecule has 3 aromatic heterocycles. The van der Waals surface area contributed by atoms with Crippen LogP contribution in [0.25, 0.3) is 16.3 Å². The van der Waals surface area contributed by atoms with Crippen molar-refractivity contribution in [2.45, 2.75) is 20.0 Å². The van der Waals surface area contributed by atoms with Crippen LogP contribution in [-0.4, -0.2) is 72.6 Å². The van der Waals surface area contributed by atoms with Crippen LogP contribution in [0.1, 0.15) is 24.4 Å². The van der Waals surface area contributed by atoms with Crippen LogP contribution in [0.2, 0.25) is 0 Å². The molecule has 0 radical (unpaired) electrons. The molecule has 1 unspecified atom stereocenters. The summed E-state index contributed by atoms with van der Waals surface area (Å²) < 4.78 is 34.7. The summed E-state index contributed by atoms with van der Waals surface area (Å²) in [5.41, 5.74) is 5.59. The molecule has 4 aromatic rings. The summed E-state index contributed by atoms with van der Waals surface area (Å²) in [7, 11) is 2.95. The van der Waals surface area contributed by atoms with Gasteiger partial charge in [-0.05, 0) is 18.2 Å². The summed E-state index contributed by atoms with van der Waals surface area (Å²) in [6.07, 6.45) is 1.12. The number of nitrogen functional groups attached to an aromatic ring is 1. The van der Waals surface area contributed by atoms with Crippen molar-refractivity contribution in [1.82, 2.24) is 20.0 Å². The third kappa shape index (κ3) is 6.65. The summed E-state index contributed by atoms with van der Waals surface area (Å²) in [5.74, 6) is -0.0584. The van der Waals surface area contributed by atoms with Crippen LogP contribution in [0, 0.1) is 0 Å². The second kappa shape index (κ2) is 13.7. The molecule has 1 amide bonds. The predicted molar refractivity (Wildman–Crippen MR) is 150 cm³/mol. The van der Waals surface area contributed by atoms with Gasteiger partial charge in [-0.1, -0.05) is 31.3 Å². The molecule has 0 spiro atoms. The molecule has 1 saturated heterocycles. The monoisotopic (exact) mass is 586 g/mol. The summed E-state index contributed by atoms with van der Waals surface area (Å²) in [5, 5.41) is 15.0. The van der Waals surface area contributed by atoms with Crippen LogP contribution < -0.4 is 30.9 Å². The second-order valence-corrected chi connectivity index (χ2v) is 9.02. The number of hydrogen-bond donors (Lipinski definition) is 2. The molecule has 218 valence electrons. The van der Waals surface area contributed by atoms with Crippen LogP contribution in [0.3, 0.4) is 0 Å². The van der Waals surface area contributed by atoms with Crippen molar-refractivity contribution in [3.05, 3.63) is 52.7 Å². The highest BCUT2D eigenvalue weighted by Crippen LogP contribution is 2.42. The number of carbonyl (C=O) groups excluding carboxylic acids is 1. The standard InChI is InChI=1S/C24H24N6O8S.C2H6/c1-33-15-4-3-5-16(34-2)19(15)14-10-17(38-22(32)20(14)37-12-13-11-35-8-9-36-13)21(31)27-23-28-29-24(39-23)30-18(25)6-7-26-30;1-2/h3-7,10,13H,8-9,11-12,25H2,1-2H3,(H,27,28,31);1-2H3. The van der Waals surface area contributed by atoms with Gasteiger partial charge in [0, 0.05) is 11.6 Å². The fourth-order valence-corrected chi connectivity index (χ4v) is 4.55. The maximum absolute atomic E-state index is 13.2. The molecule has 15 heteroatoms. The lowest BCUT2D eigenvalue weighted by Crippen LogP contribution is -2.34. The zero-order chi connectivity index (χ0) is 29.4. The van der Waals surface area contributed by atoms with E-state index in [0.29, 0.717) is 47.8 Å². The maximum Gasteiger partial charge on any atom is 0.379 e. The van der Waals surface area contributed by atoms with Gasteiger partial charge in [-0.2, -0.15) is 9.78 Å². The van der Waals surface area contributed by atoms with Crippen molar-refractivity contribution >= 4 is 28.2 Å². The van der Waals surface area contributed by atoms with E-state index in [9.17, 15) is 9.59 Å². The summed E-state index contributed by atoms with van der Waals surface area (Å²) in [4.78, 5) is 26.3. The van der Waals surface area contributed by atoms with Crippen molar-refractivity contribution in [3.63, 3.8) is 0 Å². The highest BCUT2D eigenvalue weighted by atomic mass is 32.1. The fraction of sp³-hybridized carbons (Fsp3) is 0.346. The Hall–Kier alpha value is -4.47. The zero-order valence-electron chi connectivity index (χ0n) is 22.9. The molecule has 3 N–H and O–H groups in total. The molecule has 41 heavy (non-hydrogen) atoms. The number of nitrogens with one attached hydrogen (secondary N) is 1. The van der Waals surface area contributed by atoms with E-state index in [1.807, 2.05) is 13.8 Å². The Morgan fingerprint density at radius 1 is 1.17 bits per heavy atom. The summed E-state index contributed by atoms with van der Waals surface area (Å²) in [6.45, 7) is 5.23. The van der Waals surface area contributed by atoms with Gasteiger partial charge in [0.25, 0.3) is 5.91 Å². The second-order valence-electron chi connectivity index (χ2n) is 8.07. The highest BCUT2D eigenvalue weighted by Gasteiger charge is 2.26. The minimum Gasteiger partial charge on any atom is -0.496 e. The molecule has 1 fully saturated rings. The van der Waals surface area contributed by atoms with E-state index in [1.54, 1.807) is 24.3 Å². The molecule has 0 aliphatic carbocycles. The number of aromatic nitrogens is 4. The molecule has 0 bridgehead atoms. The van der Waals surface area contributed by atoms with Gasteiger partial charge in [0.15, 0.2) is 5.76 Å². The van der Waals surface area contributed by atoms with Gasteiger partial charge in [0.2, 0.25) is 16.0 Å². The van der Waals surface area contributed by atoms with Gasteiger partial charge in [0.1, 0.15) is 30.0 Å². The molecule has 1 aliphatic heterocycles. The Balaban J connectivity index is 0.00000189. The van der Waals surface area contributed by atoms with E-state index in [-0.39, 0.29) is 34.9 Å². The number of benzene rings is 1. The van der Waals surface area contributed by atoms with Crippen LogP contribution in [-0.2, 0) is 9.47 Å². The molecular weight excluding hydrogens is 556 g/mol. The predicted octanol–water partition coefficient (Wildman–Crippen LogP) is 3.02. The van der Waals surface area contributed by atoms with Gasteiger partial charge < -0.3 is 33.8 Å². The number of methoxy groups -OCH3 is 2. The third-order valence-electron chi connectivity index (χ3n) is 5.62. The first kappa shape index (κ1) is 29.5. The first-order chi connectivity index (χ1) is 20.0. The van der Waals surface area contributed by atoms with Crippen molar-refractivity contribution in [2.24, 2.45) is 0 Å². The molecule has 14 nitrogen and oxygen atoms in total. The number of carbonyl (C=O) groups is 1. The van der Waals surface area contributed by atoms with E-state index in [2.05, 4.69) is 20.6 Å². The third-order valence-corrected chi connectivity index (χ3v) is 6.43. The average Bonchev–Trinajstić information content (AvgIpc) is 3.65. The van der Waals surface area contributed by atoms with Gasteiger partial charge >= 0.3 is 5.63 Å². The minimum atomic E-state index is -0.885.